The van der Waals surface area contributed by atoms with Gasteiger partial charge < -0.3 is 4.98 Å². The Bertz CT molecular complexity index is 1270. The molecule has 0 atom stereocenters. The Kier molecular flexibility index (Phi) is 2.20. The van der Waals surface area contributed by atoms with E-state index in [-0.39, 0.29) is 0 Å². The van der Waals surface area contributed by atoms with Crippen molar-refractivity contribution in [3.63, 3.8) is 0 Å². The van der Waals surface area contributed by atoms with Crippen molar-refractivity contribution in [2.75, 3.05) is 0 Å². The van der Waals surface area contributed by atoms with Gasteiger partial charge in [0.25, 0.3) is 0 Å². The summed E-state index contributed by atoms with van der Waals surface area (Å²) in [5.41, 5.74) is 8.11. The van der Waals surface area contributed by atoms with Gasteiger partial charge in [-0.05, 0) is 57.6 Å². The Morgan fingerprint density at radius 3 is 2.50 bits per heavy atom. The van der Waals surface area contributed by atoms with Crippen molar-refractivity contribution in [3.05, 3.63) is 83.9 Å². The third-order valence-electron chi connectivity index (χ3n) is 5.40. The Labute approximate surface area is 139 Å². The minimum absolute atomic E-state index is 1.04. The van der Waals surface area contributed by atoms with E-state index in [1.165, 1.54) is 54.8 Å². The smallest absolute Gasteiger partial charge is 0.0471 e. The number of nitrogens with one attached hydrogen (secondary N) is 1. The molecular formula is C23H15N. The molecule has 112 valence electrons. The number of aromatic amines is 1. The van der Waals surface area contributed by atoms with Crippen LogP contribution in [0.2, 0.25) is 0 Å². The largest absolute Gasteiger partial charge is 0.354 e. The van der Waals surface area contributed by atoms with E-state index in [0.717, 1.165) is 6.42 Å². The van der Waals surface area contributed by atoms with E-state index in [1.807, 2.05) is 0 Å². The highest BCUT2D eigenvalue weighted by Gasteiger charge is 2.20. The van der Waals surface area contributed by atoms with Crippen LogP contribution in [0.25, 0.3) is 43.7 Å². The van der Waals surface area contributed by atoms with E-state index in [9.17, 15) is 0 Å². The monoisotopic (exact) mass is 305 g/mol. The van der Waals surface area contributed by atoms with Gasteiger partial charge in [-0.2, -0.15) is 0 Å². The molecule has 1 heterocycles. The van der Waals surface area contributed by atoms with Crippen molar-refractivity contribution in [1.29, 1.82) is 0 Å². The summed E-state index contributed by atoms with van der Waals surface area (Å²) >= 11 is 0. The average molecular weight is 305 g/mol. The molecule has 0 fully saturated rings. The fourth-order valence-electron chi connectivity index (χ4n) is 4.31. The van der Waals surface area contributed by atoms with Crippen LogP contribution in [0, 0.1) is 0 Å². The Balaban J connectivity index is 1.76. The molecule has 0 aliphatic heterocycles. The lowest BCUT2D eigenvalue weighted by molar-refractivity contribution is 1.27. The van der Waals surface area contributed by atoms with Crippen molar-refractivity contribution in [2.45, 2.75) is 6.42 Å². The molecular weight excluding hydrogens is 290 g/mol. The van der Waals surface area contributed by atoms with Crippen LogP contribution in [-0.4, -0.2) is 4.98 Å². The van der Waals surface area contributed by atoms with Crippen LogP contribution in [0.15, 0.2) is 72.8 Å². The second-order valence-corrected chi connectivity index (χ2v) is 6.72. The lowest BCUT2D eigenvalue weighted by atomic mass is 10.0. The fourth-order valence-corrected chi connectivity index (χ4v) is 4.31. The zero-order valence-electron chi connectivity index (χ0n) is 13.1. The SMILES string of the molecule is c1ccc2c(c1)Cc1cc3c(cc1-2)[nH]c1ccc2ccccc2c13. The van der Waals surface area contributed by atoms with Crippen molar-refractivity contribution < 1.29 is 0 Å². The molecule has 1 nitrogen and oxygen atoms in total. The van der Waals surface area contributed by atoms with Gasteiger partial charge in [0.2, 0.25) is 0 Å². The molecule has 1 aromatic heterocycles. The lowest BCUT2D eigenvalue weighted by Gasteiger charge is -2.03. The Morgan fingerprint density at radius 1 is 0.625 bits per heavy atom. The highest BCUT2D eigenvalue weighted by atomic mass is 14.7. The van der Waals surface area contributed by atoms with Gasteiger partial charge in [-0.1, -0.05) is 54.6 Å². The number of aromatic nitrogens is 1. The van der Waals surface area contributed by atoms with E-state index in [0.29, 0.717) is 0 Å². The Hall–Kier alpha value is -3.06. The van der Waals surface area contributed by atoms with Gasteiger partial charge >= 0.3 is 0 Å². The van der Waals surface area contributed by atoms with E-state index < -0.39 is 0 Å². The molecule has 0 spiro atoms. The molecule has 0 radical (unpaired) electrons. The van der Waals surface area contributed by atoms with Gasteiger partial charge in [0.05, 0.1) is 0 Å². The van der Waals surface area contributed by atoms with E-state index in [1.54, 1.807) is 0 Å². The quantitative estimate of drug-likeness (QED) is 0.352. The lowest BCUT2D eigenvalue weighted by Crippen LogP contribution is -1.80. The number of fused-ring (bicyclic) bond motifs is 8. The van der Waals surface area contributed by atoms with Gasteiger partial charge in [-0.15, -0.1) is 0 Å². The van der Waals surface area contributed by atoms with Crippen LogP contribution in [0.5, 0.6) is 0 Å². The topological polar surface area (TPSA) is 15.8 Å². The molecule has 1 heteroatoms. The van der Waals surface area contributed by atoms with Crippen LogP contribution < -0.4 is 0 Å². The molecule has 0 bridgehead atoms. The molecule has 0 saturated heterocycles. The summed E-state index contributed by atoms with van der Waals surface area (Å²) in [5, 5.41) is 5.32. The van der Waals surface area contributed by atoms with Gasteiger partial charge in [0.1, 0.15) is 0 Å². The molecule has 5 aromatic rings. The number of benzene rings is 4. The van der Waals surface area contributed by atoms with Crippen LogP contribution in [-0.2, 0) is 6.42 Å². The average Bonchev–Trinajstić information content (AvgIpc) is 3.17. The standard InChI is InChI=1S/C23H15N/c1-4-8-18-14(5-1)9-10-21-23(18)20-12-16-11-15-6-2-3-7-17(15)19(16)13-22(20)24-21/h1-10,12-13,24H,11H2. The highest BCUT2D eigenvalue weighted by molar-refractivity contribution is 6.20. The molecule has 0 unspecified atom stereocenters. The molecule has 4 aromatic carbocycles. The minimum atomic E-state index is 1.04. The van der Waals surface area contributed by atoms with Crippen LogP contribution in [0.1, 0.15) is 11.1 Å². The van der Waals surface area contributed by atoms with Gasteiger partial charge in [-0.3, -0.25) is 0 Å². The summed E-state index contributed by atoms with van der Waals surface area (Å²) in [7, 11) is 0. The third-order valence-corrected chi connectivity index (χ3v) is 5.40. The van der Waals surface area contributed by atoms with Gasteiger partial charge in [-0.25, -0.2) is 0 Å². The summed E-state index contributed by atoms with van der Waals surface area (Å²) in [6.45, 7) is 0. The predicted molar refractivity (Wildman–Crippen MR) is 102 cm³/mol. The summed E-state index contributed by atoms with van der Waals surface area (Å²) in [6.07, 6.45) is 1.04. The Morgan fingerprint density at radius 2 is 1.50 bits per heavy atom. The number of hydrogen-bond donors (Lipinski definition) is 1. The molecule has 1 aliphatic carbocycles. The minimum Gasteiger partial charge on any atom is -0.354 e. The van der Waals surface area contributed by atoms with Crippen LogP contribution in [0.3, 0.4) is 0 Å². The first-order valence-electron chi connectivity index (χ1n) is 8.43. The maximum Gasteiger partial charge on any atom is 0.0471 e. The van der Waals surface area contributed by atoms with Crippen molar-refractivity contribution in [1.82, 2.24) is 4.98 Å². The van der Waals surface area contributed by atoms with Gasteiger partial charge in [0.15, 0.2) is 0 Å². The number of H-pyrrole nitrogens is 1. The van der Waals surface area contributed by atoms with E-state index in [2.05, 4.69) is 77.8 Å². The maximum atomic E-state index is 3.63. The molecule has 0 amide bonds. The first-order valence-corrected chi connectivity index (χ1v) is 8.43. The molecule has 0 saturated carbocycles. The van der Waals surface area contributed by atoms with Crippen LogP contribution in [0.4, 0.5) is 0 Å². The van der Waals surface area contributed by atoms with Crippen molar-refractivity contribution in [3.8, 4) is 11.1 Å². The molecule has 24 heavy (non-hydrogen) atoms. The van der Waals surface area contributed by atoms with Crippen molar-refractivity contribution in [2.24, 2.45) is 0 Å². The second-order valence-electron chi connectivity index (χ2n) is 6.72. The second kappa shape index (κ2) is 4.27. The molecule has 1 N–H and O–H groups in total. The summed E-state index contributed by atoms with van der Waals surface area (Å²) in [6, 6.07) is 26.6. The number of rotatable bonds is 0. The zero-order valence-corrected chi connectivity index (χ0v) is 13.1. The highest BCUT2D eigenvalue weighted by Crippen LogP contribution is 2.41. The van der Waals surface area contributed by atoms with E-state index >= 15 is 0 Å². The summed E-state index contributed by atoms with van der Waals surface area (Å²) in [4.78, 5) is 3.63. The zero-order chi connectivity index (χ0) is 15.7. The molecule has 6 rings (SSSR count). The summed E-state index contributed by atoms with van der Waals surface area (Å²) < 4.78 is 0. The normalized spacial score (nSPS) is 12.8. The van der Waals surface area contributed by atoms with Crippen molar-refractivity contribution >= 4 is 32.6 Å². The molecule has 1 aliphatic rings. The fraction of sp³-hybridized carbons (Fsp3) is 0.0435. The first-order chi connectivity index (χ1) is 11.9. The number of hydrogen-bond acceptors (Lipinski definition) is 0. The first kappa shape index (κ1) is 12.4. The predicted octanol–water partition coefficient (Wildman–Crippen LogP) is 6.05. The maximum absolute atomic E-state index is 3.63. The van der Waals surface area contributed by atoms with E-state index in [4.69, 9.17) is 0 Å². The summed E-state index contributed by atoms with van der Waals surface area (Å²) in [5.74, 6) is 0. The van der Waals surface area contributed by atoms with Gasteiger partial charge in [0, 0.05) is 21.8 Å². The van der Waals surface area contributed by atoms with Crippen LogP contribution >= 0.6 is 0 Å². The third kappa shape index (κ3) is 1.49.